The summed E-state index contributed by atoms with van der Waals surface area (Å²) < 4.78 is 24.8. The van der Waals surface area contributed by atoms with Crippen molar-refractivity contribution in [2.24, 2.45) is 0 Å². The lowest BCUT2D eigenvalue weighted by molar-refractivity contribution is -0.136. The number of hydrogen-bond acceptors (Lipinski definition) is 4. The molecular weight excluding hydrogens is 244 g/mol. The Labute approximate surface area is 98.6 Å². The number of hydrogen-bond donors (Lipinski definition) is 2. The molecule has 0 atom stereocenters. The summed E-state index contributed by atoms with van der Waals surface area (Å²) in [4.78, 5) is 10.5. The second-order valence-corrected chi connectivity index (χ2v) is 5.01. The maximum Gasteiger partial charge on any atom is 0.307 e. The summed E-state index contributed by atoms with van der Waals surface area (Å²) in [7, 11) is -3.69. The number of nitrogens with zero attached hydrogens (tertiary/aromatic N) is 1. The summed E-state index contributed by atoms with van der Waals surface area (Å²) in [6.45, 7) is 0. The van der Waals surface area contributed by atoms with Crippen LogP contribution in [0, 0.1) is 11.3 Å². The van der Waals surface area contributed by atoms with Gasteiger partial charge in [-0.05, 0) is 17.7 Å². The van der Waals surface area contributed by atoms with Gasteiger partial charge in [-0.15, -0.1) is 0 Å². The van der Waals surface area contributed by atoms with Gasteiger partial charge in [0, 0.05) is 5.69 Å². The van der Waals surface area contributed by atoms with Crippen LogP contribution in [0.25, 0.3) is 0 Å². The highest BCUT2D eigenvalue weighted by Crippen LogP contribution is 2.12. The molecule has 6 nitrogen and oxygen atoms in total. The number of nitriles is 1. The first-order chi connectivity index (χ1) is 7.93. The van der Waals surface area contributed by atoms with Gasteiger partial charge in [-0.1, -0.05) is 12.1 Å². The molecule has 7 heteroatoms. The Bertz CT molecular complexity index is 560. The molecule has 1 aromatic rings. The Balaban J connectivity index is 2.87. The third-order valence-corrected chi connectivity index (χ3v) is 2.87. The van der Waals surface area contributed by atoms with E-state index in [1.807, 2.05) is 0 Å². The van der Waals surface area contributed by atoms with Crippen LogP contribution in [0.2, 0.25) is 0 Å². The molecule has 0 aromatic heterocycles. The third-order valence-electron chi connectivity index (χ3n) is 1.81. The van der Waals surface area contributed by atoms with E-state index in [0.717, 1.165) is 0 Å². The monoisotopic (exact) mass is 254 g/mol. The Morgan fingerprint density at radius 1 is 1.47 bits per heavy atom. The van der Waals surface area contributed by atoms with Crippen LogP contribution in [-0.2, 0) is 21.2 Å². The number of carboxylic acid groups (broad SMARTS) is 1. The molecule has 2 N–H and O–H groups in total. The molecule has 0 heterocycles. The fraction of sp³-hybridized carbons (Fsp3) is 0.200. The lowest BCUT2D eigenvalue weighted by Gasteiger charge is -2.06. The van der Waals surface area contributed by atoms with Crippen molar-refractivity contribution in [1.82, 2.24) is 0 Å². The minimum atomic E-state index is -3.69. The van der Waals surface area contributed by atoms with Crippen molar-refractivity contribution in [3.05, 3.63) is 29.8 Å². The van der Waals surface area contributed by atoms with Gasteiger partial charge < -0.3 is 5.11 Å². The van der Waals surface area contributed by atoms with Gasteiger partial charge in [-0.25, -0.2) is 8.42 Å². The lowest BCUT2D eigenvalue weighted by atomic mass is 10.1. The topological polar surface area (TPSA) is 107 Å². The van der Waals surface area contributed by atoms with E-state index in [1.165, 1.54) is 18.2 Å². The van der Waals surface area contributed by atoms with Gasteiger partial charge in [0.1, 0.15) is 0 Å². The molecule has 0 saturated carbocycles. The molecule has 0 aliphatic rings. The molecule has 0 aliphatic carbocycles. The molecule has 1 rings (SSSR count). The van der Waals surface area contributed by atoms with E-state index in [2.05, 4.69) is 4.72 Å². The third kappa shape index (κ3) is 4.53. The normalized spacial score (nSPS) is 10.5. The van der Waals surface area contributed by atoms with Crippen molar-refractivity contribution in [3.63, 3.8) is 0 Å². The van der Waals surface area contributed by atoms with E-state index in [9.17, 15) is 13.2 Å². The molecule has 17 heavy (non-hydrogen) atoms. The summed E-state index contributed by atoms with van der Waals surface area (Å²) in [5, 5.41) is 16.9. The molecule has 90 valence electrons. The summed E-state index contributed by atoms with van der Waals surface area (Å²) >= 11 is 0. The Morgan fingerprint density at radius 3 is 2.76 bits per heavy atom. The van der Waals surface area contributed by atoms with Gasteiger partial charge >= 0.3 is 5.97 Å². The van der Waals surface area contributed by atoms with Crippen LogP contribution in [0.3, 0.4) is 0 Å². The lowest BCUT2D eigenvalue weighted by Crippen LogP contribution is -2.15. The highest BCUT2D eigenvalue weighted by atomic mass is 32.2. The molecule has 0 aliphatic heterocycles. The predicted molar refractivity (Wildman–Crippen MR) is 60.8 cm³/mol. The smallest absolute Gasteiger partial charge is 0.307 e. The highest BCUT2D eigenvalue weighted by Gasteiger charge is 2.10. The van der Waals surface area contributed by atoms with Crippen molar-refractivity contribution < 1.29 is 18.3 Å². The number of carbonyl (C=O) groups is 1. The van der Waals surface area contributed by atoms with E-state index in [4.69, 9.17) is 10.4 Å². The van der Waals surface area contributed by atoms with Gasteiger partial charge in [-0.3, -0.25) is 9.52 Å². The minimum absolute atomic E-state index is 0.187. The van der Waals surface area contributed by atoms with Crippen LogP contribution in [0.15, 0.2) is 24.3 Å². The average molecular weight is 254 g/mol. The largest absolute Gasteiger partial charge is 0.481 e. The van der Waals surface area contributed by atoms with Crippen molar-refractivity contribution in [1.29, 1.82) is 5.26 Å². The van der Waals surface area contributed by atoms with E-state index >= 15 is 0 Å². The van der Waals surface area contributed by atoms with E-state index in [1.54, 1.807) is 12.1 Å². The molecule has 0 spiro atoms. The van der Waals surface area contributed by atoms with Crippen LogP contribution in [-0.4, -0.2) is 25.2 Å². The van der Waals surface area contributed by atoms with Crippen molar-refractivity contribution in [2.75, 3.05) is 10.5 Å². The van der Waals surface area contributed by atoms with Crippen LogP contribution in [0.4, 0.5) is 5.69 Å². The summed E-state index contributed by atoms with van der Waals surface area (Å²) in [6.07, 6.45) is -0.187. The van der Waals surface area contributed by atoms with Crippen molar-refractivity contribution in [3.8, 4) is 6.07 Å². The maximum absolute atomic E-state index is 11.3. The number of sulfonamides is 1. The zero-order chi connectivity index (χ0) is 12.9. The number of carboxylic acids is 1. The fourth-order valence-electron chi connectivity index (χ4n) is 1.22. The van der Waals surface area contributed by atoms with Gasteiger partial charge in [0.25, 0.3) is 0 Å². The predicted octanol–water partition coefficient (Wildman–Crippen LogP) is 0.579. The first kappa shape index (κ1) is 13.0. The first-order valence-electron chi connectivity index (χ1n) is 4.61. The maximum atomic E-state index is 11.3. The number of benzene rings is 1. The fourth-order valence-corrected chi connectivity index (χ4v) is 1.95. The van der Waals surface area contributed by atoms with Crippen LogP contribution in [0.5, 0.6) is 0 Å². The highest BCUT2D eigenvalue weighted by molar-refractivity contribution is 7.92. The zero-order valence-electron chi connectivity index (χ0n) is 8.75. The molecule has 0 amide bonds. The second-order valence-electron chi connectivity index (χ2n) is 3.29. The molecule has 0 unspecified atom stereocenters. The van der Waals surface area contributed by atoms with E-state index in [-0.39, 0.29) is 12.1 Å². The Kier molecular flexibility index (Phi) is 4.06. The SMILES string of the molecule is N#CCS(=O)(=O)Nc1cccc(CC(=O)O)c1. The van der Waals surface area contributed by atoms with Crippen LogP contribution < -0.4 is 4.72 Å². The Hall–Kier alpha value is -2.07. The molecule has 1 aromatic carbocycles. The van der Waals surface area contributed by atoms with Crippen LogP contribution in [0.1, 0.15) is 5.56 Å². The minimum Gasteiger partial charge on any atom is -0.481 e. The summed E-state index contributed by atoms with van der Waals surface area (Å²) in [6, 6.07) is 7.56. The molecular formula is C10H10N2O4S. The molecule has 0 radical (unpaired) electrons. The average Bonchev–Trinajstić information content (AvgIpc) is 2.15. The second kappa shape index (κ2) is 5.32. The molecule has 0 fully saturated rings. The number of rotatable bonds is 5. The standard InChI is InChI=1S/C10H10N2O4S/c11-4-5-17(15,16)12-9-3-1-2-8(6-9)7-10(13)14/h1-3,6,12H,5,7H2,(H,13,14). The quantitative estimate of drug-likeness (QED) is 0.799. The van der Waals surface area contributed by atoms with E-state index < -0.39 is 21.7 Å². The van der Waals surface area contributed by atoms with Crippen molar-refractivity contribution in [2.45, 2.75) is 6.42 Å². The zero-order valence-corrected chi connectivity index (χ0v) is 9.57. The number of nitrogens with one attached hydrogen (secondary N) is 1. The van der Waals surface area contributed by atoms with E-state index in [0.29, 0.717) is 5.56 Å². The first-order valence-corrected chi connectivity index (χ1v) is 6.26. The molecule has 0 bridgehead atoms. The Morgan fingerprint density at radius 2 is 2.18 bits per heavy atom. The van der Waals surface area contributed by atoms with Crippen molar-refractivity contribution >= 4 is 21.7 Å². The summed E-state index contributed by atoms with van der Waals surface area (Å²) in [5.74, 6) is -1.64. The van der Waals surface area contributed by atoms with Gasteiger partial charge in [-0.2, -0.15) is 5.26 Å². The van der Waals surface area contributed by atoms with Gasteiger partial charge in [0.15, 0.2) is 5.75 Å². The van der Waals surface area contributed by atoms with Gasteiger partial charge in [0.2, 0.25) is 10.0 Å². The summed E-state index contributed by atoms with van der Waals surface area (Å²) in [5.41, 5.74) is 0.730. The number of anilines is 1. The number of aliphatic carboxylic acids is 1. The molecule has 0 saturated heterocycles. The van der Waals surface area contributed by atoms with Crippen LogP contribution >= 0.6 is 0 Å². The van der Waals surface area contributed by atoms with Gasteiger partial charge in [0.05, 0.1) is 12.5 Å².